The van der Waals surface area contributed by atoms with Gasteiger partial charge in [-0.2, -0.15) is 0 Å². The van der Waals surface area contributed by atoms with Crippen molar-refractivity contribution in [2.45, 2.75) is 35.6 Å². The van der Waals surface area contributed by atoms with Crippen molar-refractivity contribution in [1.29, 1.82) is 0 Å². The van der Waals surface area contributed by atoms with Crippen molar-refractivity contribution >= 4 is 11.5 Å². The van der Waals surface area contributed by atoms with Gasteiger partial charge in [-0.25, -0.2) is 0 Å². The standard InChI is InChI=1S/C30H28N2O5/c1-17-22(18-9-5-3-6-10-18)24-27(33)29(37-2)25-23(17)28(24,34)30(29,20-13-15-21(16-14-20)32(35)36)31-26(25)19-11-7-4-8-12-19/h3-17,22-26,31,34H,1-2H3/t17-,22+,23-,24+,25+,26+,28-,29+,30+/m1/s1. The molecule has 2 N–H and O–H groups in total. The second kappa shape index (κ2) is 7.34. The average molecular weight is 497 g/mol. The number of carbonyl (C=O) groups excluding carboxylic acids is 1. The van der Waals surface area contributed by atoms with E-state index in [9.17, 15) is 20.0 Å². The Bertz CT molecular complexity index is 1410. The van der Waals surface area contributed by atoms with Crippen LogP contribution in [0.4, 0.5) is 5.69 Å². The fraction of sp³-hybridized carbons (Fsp3) is 0.367. The lowest BCUT2D eigenvalue weighted by Gasteiger charge is -2.47. The smallest absolute Gasteiger partial charge is 0.269 e. The van der Waals surface area contributed by atoms with Gasteiger partial charge in [0, 0.05) is 37.1 Å². The number of hydrogen-bond acceptors (Lipinski definition) is 6. The predicted molar refractivity (Wildman–Crippen MR) is 136 cm³/mol. The van der Waals surface area contributed by atoms with E-state index in [1.54, 1.807) is 19.2 Å². The number of nitrogens with zero attached hydrogens (tertiary/aromatic N) is 1. The molecule has 4 aliphatic rings. The number of ketones is 1. The Balaban J connectivity index is 1.51. The molecule has 0 aromatic heterocycles. The number of rotatable bonds is 5. The quantitative estimate of drug-likeness (QED) is 0.407. The van der Waals surface area contributed by atoms with Gasteiger partial charge in [0.1, 0.15) is 11.1 Å². The lowest BCUT2D eigenvalue weighted by atomic mass is 9.67. The van der Waals surface area contributed by atoms with Crippen molar-refractivity contribution in [3.8, 4) is 0 Å². The van der Waals surface area contributed by atoms with Crippen LogP contribution in [0.5, 0.6) is 0 Å². The molecule has 3 saturated carbocycles. The number of ether oxygens (including phenoxy) is 1. The Morgan fingerprint density at radius 2 is 1.51 bits per heavy atom. The lowest BCUT2D eigenvalue weighted by molar-refractivity contribution is -0.384. The van der Waals surface area contributed by atoms with Gasteiger partial charge < -0.3 is 9.84 Å². The number of Topliss-reactive ketones (excluding diaryl/α,β-unsaturated/α-hetero) is 1. The van der Waals surface area contributed by atoms with Crippen molar-refractivity contribution in [3.63, 3.8) is 0 Å². The number of nitro groups is 1. The van der Waals surface area contributed by atoms with E-state index < -0.39 is 27.6 Å². The molecular weight excluding hydrogens is 468 g/mol. The molecular formula is C30H28N2O5. The second-order valence-electron chi connectivity index (χ2n) is 11.0. The maximum Gasteiger partial charge on any atom is 0.269 e. The molecule has 1 heterocycles. The summed E-state index contributed by atoms with van der Waals surface area (Å²) < 4.78 is 6.35. The number of fused-ring (bicyclic) bond motifs is 1. The molecule has 7 nitrogen and oxygen atoms in total. The van der Waals surface area contributed by atoms with E-state index in [0.717, 1.165) is 11.1 Å². The Morgan fingerprint density at radius 1 is 0.919 bits per heavy atom. The fourth-order valence-corrected chi connectivity index (χ4v) is 9.10. The number of carbonyl (C=O) groups is 1. The monoisotopic (exact) mass is 496 g/mol. The van der Waals surface area contributed by atoms with E-state index in [1.165, 1.54) is 12.1 Å². The van der Waals surface area contributed by atoms with E-state index >= 15 is 0 Å². The zero-order valence-corrected chi connectivity index (χ0v) is 20.6. The van der Waals surface area contributed by atoms with Gasteiger partial charge in [-0.15, -0.1) is 0 Å². The zero-order valence-electron chi connectivity index (χ0n) is 20.6. The molecule has 37 heavy (non-hydrogen) atoms. The summed E-state index contributed by atoms with van der Waals surface area (Å²) in [6.07, 6.45) is 0. The summed E-state index contributed by atoms with van der Waals surface area (Å²) in [6, 6.07) is 26.0. The first-order valence-electron chi connectivity index (χ1n) is 12.8. The first-order chi connectivity index (χ1) is 17.8. The van der Waals surface area contributed by atoms with Crippen LogP contribution in [-0.4, -0.2) is 34.1 Å². The summed E-state index contributed by atoms with van der Waals surface area (Å²) in [5.74, 6) is -1.43. The van der Waals surface area contributed by atoms with Crippen molar-refractivity contribution in [3.05, 3.63) is 112 Å². The zero-order chi connectivity index (χ0) is 25.7. The van der Waals surface area contributed by atoms with E-state index in [2.05, 4.69) is 12.2 Å². The number of hydrogen-bond donors (Lipinski definition) is 2. The van der Waals surface area contributed by atoms with Gasteiger partial charge in [-0.3, -0.25) is 20.2 Å². The van der Waals surface area contributed by atoms with Crippen molar-refractivity contribution < 1.29 is 19.6 Å². The molecule has 1 saturated heterocycles. The van der Waals surface area contributed by atoms with Crippen LogP contribution in [0.15, 0.2) is 84.9 Å². The van der Waals surface area contributed by atoms with Crippen LogP contribution in [0.3, 0.4) is 0 Å². The lowest BCUT2D eigenvalue weighted by Crippen LogP contribution is -2.63. The fourth-order valence-electron chi connectivity index (χ4n) is 9.10. The second-order valence-corrected chi connectivity index (χ2v) is 11.0. The molecule has 0 unspecified atom stereocenters. The minimum atomic E-state index is -1.42. The van der Waals surface area contributed by atoms with Gasteiger partial charge in [0.2, 0.25) is 0 Å². The third-order valence-corrected chi connectivity index (χ3v) is 10.0. The molecule has 3 aromatic carbocycles. The minimum Gasteiger partial charge on any atom is -0.386 e. The molecule has 9 atom stereocenters. The van der Waals surface area contributed by atoms with Crippen molar-refractivity contribution in [2.24, 2.45) is 23.7 Å². The number of non-ortho nitro benzene ring substituents is 1. The summed E-state index contributed by atoms with van der Waals surface area (Å²) in [7, 11) is 1.57. The minimum absolute atomic E-state index is 0.0108. The molecule has 0 amide bonds. The number of benzene rings is 3. The molecule has 188 valence electrons. The van der Waals surface area contributed by atoms with Crippen molar-refractivity contribution in [2.75, 3.05) is 7.11 Å². The predicted octanol–water partition coefficient (Wildman–Crippen LogP) is 4.13. The van der Waals surface area contributed by atoms with Gasteiger partial charge in [-0.05, 0) is 28.5 Å². The normalized spacial score (nSPS) is 40.9. The topological polar surface area (TPSA) is 102 Å². The van der Waals surface area contributed by atoms with E-state index in [1.807, 2.05) is 60.7 Å². The summed E-state index contributed by atoms with van der Waals surface area (Å²) >= 11 is 0. The highest BCUT2D eigenvalue weighted by Gasteiger charge is 2.95. The molecule has 4 bridgehead atoms. The Hall–Kier alpha value is -3.39. The Labute approximate surface area is 214 Å². The molecule has 3 aromatic rings. The Kier molecular flexibility index (Phi) is 4.52. The van der Waals surface area contributed by atoms with Crippen LogP contribution in [-0.2, 0) is 15.1 Å². The van der Waals surface area contributed by atoms with Crippen LogP contribution in [0.1, 0.15) is 35.6 Å². The molecule has 7 heteroatoms. The molecule has 0 spiro atoms. The van der Waals surface area contributed by atoms with E-state index in [4.69, 9.17) is 4.74 Å². The van der Waals surface area contributed by atoms with Gasteiger partial charge in [0.25, 0.3) is 5.69 Å². The number of nitrogens with one attached hydrogen (secondary N) is 1. The number of methoxy groups -OCH3 is 1. The Morgan fingerprint density at radius 3 is 2.08 bits per heavy atom. The average Bonchev–Trinajstić information content (AvgIpc) is 3.47. The third-order valence-electron chi connectivity index (χ3n) is 10.0. The summed E-state index contributed by atoms with van der Waals surface area (Å²) in [5, 5.41) is 28.1. The van der Waals surface area contributed by atoms with Gasteiger partial charge in [0.15, 0.2) is 11.4 Å². The van der Waals surface area contributed by atoms with Gasteiger partial charge >= 0.3 is 0 Å². The SMILES string of the molecule is CO[C@]12C(=O)[C@@H]3[C@H](c4ccccc4)[C@@H](C)[C@@H]4[C@H]1[C@H](c1ccccc1)N[C@@]2(c1ccc([N+](=O)[O-])cc1)[C@@]43O. The van der Waals surface area contributed by atoms with Crippen LogP contribution in [0, 0.1) is 33.8 Å². The molecule has 3 aliphatic carbocycles. The van der Waals surface area contributed by atoms with Crippen LogP contribution in [0.2, 0.25) is 0 Å². The molecule has 0 radical (unpaired) electrons. The van der Waals surface area contributed by atoms with Crippen molar-refractivity contribution in [1.82, 2.24) is 5.32 Å². The number of piperidine rings is 1. The summed E-state index contributed by atoms with van der Waals surface area (Å²) in [5.41, 5.74) is -1.32. The number of aliphatic hydroxyl groups is 1. The maximum atomic E-state index is 14.7. The van der Waals surface area contributed by atoms with E-state index in [-0.39, 0.29) is 41.2 Å². The van der Waals surface area contributed by atoms with Crippen LogP contribution >= 0.6 is 0 Å². The maximum absolute atomic E-state index is 14.7. The van der Waals surface area contributed by atoms with Gasteiger partial charge in [-0.1, -0.05) is 79.7 Å². The largest absolute Gasteiger partial charge is 0.386 e. The summed E-state index contributed by atoms with van der Waals surface area (Å²) in [6.45, 7) is 2.15. The third kappa shape index (κ3) is 2.33. The molecule has 7 rings (SSSR count). The first-order valence-corrected chi connectivity index (χ1v) is 12.8. The first kappa shape index (κ1) is 22.8. The van der Waals surface area contributed by atoms with Crippen LogP contribution in [0.25, 0.3) is 0 Å². The highest BCUT2D eigenvalue weighted by atomic mass is 16.6. The van der Waals surface area contributed by atoms with Crippen LogP contribution < -0.4 is 5.32 Å². The highest BCUT2D eigenvalue weighted by molar-refractivity contribution is 6.01. The highest BCUT2D eigenvalue weighted by Crippen LogP contribution is 2.82. The molecule has 4 fully saturated rings. The number of nitro benzene ring substituents is 1. The van der Waals surface area contributed by atoms with Gasteiger partial charge in [0.05, 0.1) is 10.8 Å². The molecule has 1 aliphatic heterocycles. The summed E-state index contributed by atoms with van der Waals surface area (Å²) in [4.78, 5) is 25.7. The van der Waals surface area contributed by atoms with E-state index in [0.29, 0.717) is 5.56 Å².